The molecule has 0 radical (unpaired) electrons. The van der Waals surface area contributed by atoms with Crippen LogP contribution in [0.15, 0.2) is 0 Å². The molecule has 2 aliphatic rings. The molecule has 3 atom stereocenters. The van der Waals surface area contributed by atoms with Gasteiger partial charge in [-0.15, -0.1) is 0 Å². The Labute approximate surface area is 117 Å². The summed E-state index contributed by atoms with van der Waals surface area (Å²) in [6, 6.07) is 0.297. The minimum absolute atomic E-state index is 0.209. The van der Waals surface area contributed by atoms with Crippen LogP contribution in [-0.4, -0.2) is 18.5 Å². The van der Waals surface area contributed by atoms with Gasteiger partial charge in [-0.05, 0) is 37.5 Å². The summed E-state index contributed by atoms with van der Waals surface area (Å²) in [6.07, 6.45) is 11.0. The molecule has 0 aromatic carbocycles. The monoisotopic (exact) mass is 266 g/mol. The van der Waals surface area contributed by atoms with E-state index in [1.54, 1.807) is 0 Å². The van der Waals surface area contributed by atoms with E-state index in [0.717, 1.165) is 31.7 Å². The predicted molar refractivity (Wildman–Crippen MR) is 78.7 cm³/mol. The summed E-state index contributed by atoms with van der Waals surface area (Å²) >= 11 is 0. The number of carbonyl (C=O) groups excluding carboxylic acids is 1. The molecular weight excluding hydrogens is 236 g/mol. The highest BCUT2D eigenvalue weighted by molar-refractivity contribution is 5.78. The van der Waals surface area contributed by atoms with Gasteiger partial charge in [-0.2, -0.15) is 0 Å². The van der Waals surface area contributed by atoms with Gasteiger partial charge in [0.05, 0.1) is 0 Å². The van der Waals surface area contributed by atoms with Crippen LogP contribution in [0.5, 0.6) is 0 Å². The molecule has 2 saturated carbocycles. The summed E-state index contributed by atoms with van der Waals surface area (Å²) in [5.74, 6) is 1.83. The van der Waals surface area contributed by atoms with Gasteiger partial charge in [0.1, 0.15) is 0 Å². The Bertz CT molecular complexity index is 286. The van der Waals surface area contributed by atoms with Crippen molar-refractivity contribution in [2.45, 2.75) is 70.8 Å². The number of rotatable bonds is 4. The lowest BCUT2D eigenvalue weighted by Crippen LogP contribution is -2.41. The quantitative estimate of drug-likeness (QED) is 0.822. The number of nitrogens with one attached hydrogen (secondary N) is 1. The molecule has 2 rings (SSSR count). The first-order chi connectivity index (χ1) is 9.16. The zero-order valence-electron chi connectivity index (χ0n) is 12.4. The minimum Gasteiger partial charge on any atom is -0.356 e. The van der Waals surface area contributed by atoms with Crippen LogP contribution in [0, 0.1) is 17.8 Å². The minimum atomic E-state index is 0.209. The zero-order chi connectivity index (χ0) is 13.7. The van der Waals surface area contributed by atoms with Gasteiger partial charge in [-0.1, -0.05) is 39.0 Å². The molecule has 3 N–H and O–H groups in total. The molecule has 2 aliphatic carbocycles. The van der Waals surface area contributed by atoms with Crippen LogP contribution in [0.3, 0.4) is 0 Å². The lowest BCUT2D eigenvalue weighted by atomic mass is 9.79. The van der Waals surface area contributed by atoms with Gasteiger partial charge in [0.25, 0.3) is 0 Å². The van der Waals surface area contributed by atoms with Crippen molar-refractivity contribution >= 4 is 5.91 Å². The molecular formula is C16H30N2O. The van der Waals surface area contributed by atoms with Gasteiger partial charge in [-0.3, -0.25) is 4.79 Å². The first kappa shape index (κ1) is 14.8. The maximum atomic E-state index is 12.1. The molecule has 0 aromatic rings. The van der Waals surface area contributed by atoms with Gasteiger partial charge in [-0.25, -0.2) is 0 Å². The van der Waals surface area contributed by atoms with Gasteiger partial charge in [0.2, 0.25) is 5.91 Å². The summed E-state index contributed by atoms with van der Waals surface area (Å²) < 4.78 is 0. The van der Waals surface area contributed by atoms with Gasteiger partial charge in [0, 0.05) is 18.5 Å². The first-order valence-corrected chi connectivity index (χ1v) is 8.20. The van der Waals surface area contributed by atoms with E-state index >= 15 is 0 Å². The number of hydrogen-bond acceptors (Lipinski definition) is 2. The van der Waals surface area contributed by atoms with Crippen molar-refractivity contribution < 1.29 is 4.79 Å². The van der Waals surface area contributed by atoms with Crippen molar-refractivity contribution in [1.29, 1.82) is 0 Å². The summed E-state index contributed by atoms with van der Waals surface area (Å²) in [7, 11) is 0. The van der Waals surface area contributed by atoms with E-state index < -0.39 is 0 Å². The highest BCUT2D eigenvalue weighted by Gasteiger charge is 2.29. The Hall–Kier alpha value is -0.570. The van der Waals surface area contributed by atoms with Gasteiger partial charge in [0.15, 0.2) is 0 Å². The molecule has 0 aromatic heterocycles. The summed E-state index contributed by atoms with van der Waals surface area (Å²) in [5.41, 5.74) is 6.01. The largest absolute Gasteiger partial charge is 0.356 e. The Morgan fingerprint density at radius 2 is 1.89 bits per heavy atom. The van der Waals surface area contributed by atoms with Crippen LogP contribution in [-0.2, 0) is 4.79 Å². The van der Waals surface area contributed by atoms with Gasteiger partial charge < -0.3 is 11.1 Å². The van der Waals surface area contributed by atoms with Crippen molar-refractivity contribution in [1.82, 2.24) is 5.32 Å². The number of carbonyl (C=O) groups is 1. The van der Waals surface area contributed by atoms with Crippen molar-refractivity contribution in [3.63, 3.8) is 0 Å². The third kappa shape index (κ3) is 4.48. The van der Waals surface area contributed by atoms with E-state index in [1.807, 2.05) is 0 Å². The molecule has 0 bridgehead atoms. The molecule has 2 fully saturated rings. The highest BCUT2D eigenvalue weighted by atomic mass is 16.1. The maximum Gasteiger partial charge on any atom is 0.223 e. The van der Waals surface area contributed by atoms with Crippen LogP contribution in [0.1, 0.15) is 64.7 Å². The van der Waals surface area contributed by atoms with E-state index in [4.69, 9.17) is 5.73 Å². The average molecular weight is 266 g/mol. The Morgan fingerprint density at radius 3 is 2.58 bits per heavy atom. The standard InChI is InChI=1S/C16H30N2O/c1-12-11-14(7-8-15(12)17)16(19)18-10-9-13-5-3-2-4-6-13/h12-15H,2-11,17H2,1H3,(H,18,19). The summed E-state index contributed by atoms with van der Waals surface area (Å²) in [6.45, 7) is 3.05. The van der Waals surface area contributed by atoms with Crippen LogP contribution in [0.25, 0.3) is 0 Å². The number of hydrogen-bond donors (Lipinski definition) is 2. The first-order valence-electron chi connectivity index (χ1n) is 8.20. The van der Waals surface area contributed by atoms with E-state index in [0.29, 0.717) is 12.0 Å². The fraction of sp³-hybridized carbons (Fsp3) is 0.938. The summed E-state index contributed by atoms with van der Waals surface area (Å²) in [5, 5.41) is 3.16. The second kappa shape index (κ2) is 7.28. The molecule has 110 valence electrons. The lowest BCUT2D eigenvalue weighted by molar-refractivity contribution is -0.126. The fourth-order valence-corrected chi connectivity index (χ4v) is 3.68. The van der Waals surface area contributed by atoms with Crippen molar-refractivity contribution in [3.05, 3.63) is 0 Å². The Balaban J connectivity index is 1.63. The fourth-order valence-electron chi connectivity index (χ4n) is 3.68. The second-order valence-corrected chi connectivity index (χ2v) is 6.73. The molecule has 0 heterocycles. The van der Waals surface area contributed by atoms with E-state index in [-0.39, 0.29) is 11.8 Å². The SMILES string of the molecule is CC1CC(C(=O)NCCC2CCCCC2)CCC1N. The van der Waals surface area contributed by atoms with E-state index in [2.05, 4.69) is 12.2 Å². The average Bonchev–Trinajstić information content (AvgIpc) is 2.43. The number of nitrogens with two attached hydrogens (primary N) is 1. The number of amides is 1. The second-order valence-electron chi connectivity index (χ2n) is 6.73. The van der Waals surface area contributed by atoms with E-state index in [1.165, 1.54) is 38.5 Å². The van der Waals surface area contributed by atoms with Crippen LogP contribution in [0.2, 0.25) is 0 Å². The third-order valence-electron chi connectivity index (χ3n) is 5.18. The van der Waals surface area contributed by atoms with Gasteiger partial charge >= 0.3 is 0 Å². The van der Waals surface area contributed by atoms with Crippen LogP contribution < -0.4 is 11.1 Å². The lowest BCUT2D eigenvalue weighted by Gasteiger charge is -2.31. The van der Waals surface area contributed by atoms with Crippen LogP contribution >= 0.6 is 0 Å². The Kier molecular flexibility index (Phi) is 5.68. The molecule has 3 nitrogen and oxygen atoms in total. The molecule has 19 heavy (non-hydrogen) atoms. The van der Waals surface area contributed by atoms with Crippen molar-refractivity contribution in [3.8, 4) is 0 Å². The molecule has 3 unspecified atom stereocenters. The molecule has 3 heteroatoms. The molecule has 0 aliphatic heterocycles. The third-order valence-corrected chi connectivity index (χ3v) is 5.18. The Morgan fingerprint density at radius 1 is 1.16 bits per heavy atom. The predicted octanol–water partition coefficient (Wildman–Crippen LogP) is 2.84. The molecule has 0 spiro atoms. The maximum absolute atomic E-state index is 12.1. The summed E-state index contributed by atoms with van der Waals surface area (Å²) in [4.78, 5) is 12.1. The molecule has 0 saturated heterocycles. The van der Waals surface area contributed by atoms with Crippen molar-refractivity contribution in [2.24, 2.45) is 23.5 Å². The highest BCUT2D eigenvalue weighted by Crippen LogP contribution is 2.28. The normalized spacial score (nSPS) is 33.1. The smallest absolute Gasteiger partial charge is 0.223 e. The molecule has 1 amide bonds. The zero-order valence-corrected chi connectivity index (χ0v) is 12.4. The van der Waals surface area contributed by atoms with Crippen LogP contribution in [0.4, 0.5) is 0 Å². The van der Waals surface area contributed by atoms with Crippen molar-refractivity contribution in [2.75, 3.05) is 6.54 Å². The topological polar surface area (TPSA) is 55.1 Å². The van der Waals surface area contributed by atoms with E-state index in [9.17, 15) is 4.79 Å².